The van der Waals surface area contributed by atoms with Crippen molar-refractivity contribution in [2.75, 3.05) is 30.3 Å². The molecule has 4 aromatic rings. The minimum atomic E-state index is -4.88. The number of rotatable bonds is 5. The van der Waals surface area contributed by atoms with Gasteiger partial charge in [-0.05, 0) is 37.1 Å². The smallest absolute Gasteiger partial charge is 0.417 e. The van der Waals surface area contributed by atoms with Gasteiger partial charge in [0.25, 0.3) is 0 Å². The van der Waals surface area contributed by atoms with Gasteiger partial charge in [0.15, 0.2) is 10.9 Å². The molecule has 8 nitrogen and oxygen atoms in total. The highest BCUT2D eigenvalue weighted by Crippen LogP contribution is 2.46. The van der Waals surface area contributed by atoms with Gasteiger partial charge in [-0.1, -0.05) is 29.9 Å². The molecule has 0 radical (unpaired) electrons. The third-order valence-corrected chi connectivity index (χ3v) is 10.2. The third-order valence-electron chi connectivity index (χ3n) is 8.62. The molecule has 7 rings (SSSR count). The van der Waals surface area contributed by atoms with Crippen molar-refractivity contribution < 1.29 is 27.4 Å². The van der Waals surface area contributed by atoms with Gasteiger partial charge in [-0.2, -0.15) is 23.1 Å². The fourth-order valence-corrected chi connectivity index (χ4v) is 7.78. The van der Waals surface area contributed by atoms with Gasteiger partial charge in [-0.15, -0.1) is 9.24 Å². The highest BCUT2D eigenvalue weighted by Gasteiger charge is 2.39. The third kappa shape index (κ3) is 4.84. The quantitative estimate of drug-likeness (QED) is 0.219. The van der Waals surface area contributed by atoms with Crippen LogP contribution in [0.4, 0.5) is 28.5 Å². The second-order valence-electron chi connectivity index (χ2n) is 11.4. The molecule has 2 bridgehead atoms. The summed E-state index contributed by atoms with van der Waals surface area (Å²) in [6.07, 6.45) is -1.20. The molecule has 0 amide bonds. The molecule has 3 aliphatic rings. The summed E-state index contributed by atoms with van der Waals surface area (Å²) in [5.41, 5.74) is 4.05. The predicted molar refractivity (Wildman–Crippen MR) is 158 cm³/mol. The molecule has 2 aromatic carbocycles. The number of fused-ring (bicyclic) bond motifs is 4. The van der Waals surface area contributed by atoms with E-state index in [1.165, 1.54) is 6.07 Å². The number of hydrogen-bond acceptors (Lipinski definition) is 9. The number of ether oxygens (including phenoxy) is 1. The van der Waals surface area contributed by atoms with Crippen LogP contribution < -0.4 is 26.0 Å². The van der Waals surface area contributed by atoms with E-state index >= 15 is 4.39 Å². The average Bonchev–Trinajstić information content (AvgIpc) is 3.64. The highest BCUT2D eigenvalue weighted by molar-refractivity contribution is 7.33. The molecule has 4 heterocycles. The van der Waals surface area contributed by atoms with Gasteiger partial charge in [0.1, 0.15) is 11.3 Å². The zero-order valence-corrected chi connectivity index (χ0v) is 24.4. The monoisotopic (exact) mass is 620 g/mol. The first kappa shape index (κ1) is 27.9. The first-order valence-corrected chi connectivity index (χ1v) is 15.3. The van der Waals surface area contributed by atoms with Crippen LogP contribution >= 0.6 is 20.6 Å². The summed E-state index contributed by atoms with van der Waals surface area (Å²) in [6.45, 7) is 1.16. The Bertz CT molecular complexity index is 1690. The van der Waals surface area contributed by atoms with Crippen LogP contribution in [0.3, 0.4) is 0 Å². The molecule has 2 saturated heterocycles. The van der Waals surface area contributed by atoms with Crippen LogP contribution in [0, 0.1) is 11.7 Å². The van der Waals surface area contributed by atoms with Crippen molar-refractivity contribution in [3.63, 3.8) is 0 Å². The molecule has 4 N–H and O–H groups in total. The molecule has 1 saturated carbocycles. The van der Waals surface area contributed by atoms with Crippen molar-refractivity contribution in [2.45, 2.75) is 56.5 Å². The normalized spacial score (nSPS) is 24.3. The van der Waals surface area contributed by atoms with Crippen molar-refractivity contribution in [3.05, 3.63) is 29.6 Å². The Hall–Kier alpha value is -2.86. The number of hydrogen-bond donors (Lipinski definition) is 3. The lowest BCUT2D eigenvalue weighted by Gasteiger charge is -2.34. The van der Waals surface area contributed by atoms with Gasteiger partial charge in [0.2, 0.25) is 0 Å². The van der Waals surface area contributed by atoms with Gasteiger partial charge < -0.3 is 25.8 Å². The van der Waals surface area contributed by atoms with Gasteiger partial charge in [0, 0.05) is 47.6 Å². The minimum absolute atomic E-state index is 0.0206. The number of nitrogens with zero attached hydrogens (tertiary/aromatic N) is 4. The summed E-state index contributed by atoms with van der Waals surface area (Å²) in [7, 11) is 2.51. The average molecular weight is 621 g/mol. The van der Waals surface area contributed by atoms with E-state index in [0.29, 0.717) is 29.5 Å². The van der Waals surface area contributed by atoms with Crippen LogP contribution in [0.25, 0.3) is 32.2 Å². The Morgan fingerprint density at radius 3 is 2.55 bits per heavy atom. The summed E-state index contributed by atoms with van der Waals surface area (Å²) < 4.78 is 67.3. The minimum Gasteiger partial charge on any atom is -0.463 e. The Morgan fingerprint density at radius 1 is 1.10 bits per heavy atom. The van der Waals surface area contributed by atoms with Crippen LogP contribution in [-0.2, 0) is 6.18 Å². The van der Waals surface area contributed by atoms with Crippen LogP contribution in [0.15, 0.2) is 18.2 Å². The molecule has 1 aliphatic carbocycles. The summed E-state index contributed by atoms with van der Waals surface area (Å²) in [4.78, 5) is 15.1. The van der Waals surface area contributed by atoms with Crippen molar-refractivity contribution in [2.24, 2.45) is 5.92 Å². The standard InChI is InChI=1S/C28H29F4N6O2PS/c29-21-20(15-6-7-19(41)24-23(15)35-26(33)42-24)17(28(30,31)32)8-16-22(21)36-27(40-11-12-2-1-3-18(12)39)37-25(16)38-9-13-4-5-14(10-38)34-13/h6-8,12-14,18,34,39H,1-5,9-11,41H2,(H2,33,35). The first-order valence-electron chi connectivity index (χ1n) is 13.9. The lowest BCUT2D eigenvalue weighted by atomic mass is 9.95. The van der Waals surface area contributed by atoms with Crippen molar-refractivity contribution >= 4 is 58.0 Å². The molecule has 42 heavy (non-hydrogen) atoms. The number of nitrogen functional groups attached to an aromatic ring is 1. The van der Waals surface area contributed by atoms with E-state index < -0.39 is 29.2 Å². The molecule has 5 atom stereocenters. The van der Waals surface area contributed by atoms with Gasteiger partial charge in [-0.3, -0.25) is 0 Å². The molecule has 14 heteroatoms. The SMILES string of the molecule is Nc1nc2c(-c3c(C(F)(F)F)cc4c(N5CC6CCC(C5)N6)nc(OCC5CCCC5O)nc4c3F)ccc(P)c2s1. The summed E-state index contributed by atoms with van der Waals surface area (Å²) in [5, 5.41) is 14.6. The molecule has 222 valence electrons. The number of nitrogens with one attached hydrogen (secondary N) is 1. The second-order valence-corrected chi connectivity index (χ2v) is 13.0. The summed E-state index contributed by atoms with van der Waals surface area (Å²) in [6, 6.07) is 4.17. The summed E-state index contributed by atoms with van der Waals surface area (Å²) >= 11 is 1.12. The molecule has 3 fully saturated rings. The number of nitrogens with two attached hydrogens (primary N) is 1. The number of aromatic nitrogens is 3. The van der Waals surface area contributed by atoms with Gasteiger partial charge in [0.05, 0.1) is 28.5 Å². The zero-order valence-electron chi connectivity index (χ0n) is 22.4. The van der Waals surface area contributed by atoms with Crippen LogP contribution in [0.1, 0.15) is 37.7 Å². The molecule has 2 aromatic heterocycles. The second kappa shape index (κ2) is 10.4. The maximum atomic E-state index is 16.7. The highest BCUT2D eigenvalue weighted by atomic mass is 32.1. The number of alkyl halides is 3. The summed E-state index contributed by atoms with van der Waals surface area (Å²) in [5.74, 6) is -1.04. The lowest BCUT2D eigenvalue weighted by molar-refractivity contribution is -0.137. The van der Waals surface area contributed by atoms with Crippen LogP contribution in [0.5, 0.6) is 6.01 Å². The molecular weight excluding hydrogens is 591 g/mol. The van der Waals surface area contributed by atoms with Crippen molar-refractivity contribution in [1.82, 2.24) is 20.3 Å². The molecule has 0 spiro atoms. The van der Waals surface area contributed by atoms with E-state index in [1.807, 2.05) is 4.90 Å². The Labute approximate surface area is 244 Å². The lowest BCUT2D eigenvalue weighted by Crippen LogP contribution is -2.51. The number of thiazole rings is 1. The van der Waals surface area contributed by atoms with E-state index in [4.69, 9.17) is 10.5 Å². The van der Waals surface area contributed by atoms with E-state index in [0.717, 1.165) is 43.1 Å². The molecule has 2 aliphatic heterocycles. The van der Waals surface area contributed by atoms with E-state index in [-0.39, 0.29) is 63.6 Å². The van der Waals surface area contributed by atoms with Gasteiger partial charge >= 0.3 is 12.2 Å². The zero-order chi connectivity index (χ0) is 29.3. The molecule has 5 unspecified atom stereocenters. The van der Waals surface area contributed by atoms with Crippen molar-refractivity contribution in [3.8, 4) is 17.1 Å². The number of aliphatic hydroxyl groups excluding tert-OH is 1. The Balaban J connectivity index is 1.45. The number of anilines is 2. The van der Waals surface area contributed by atoms with E-state index in [1.54, 1.807) is 6.07 Å². The number of benzene rings is 2. The largest absolute Gasteiger partial charge is 0.463 e. The van der Waals surface area contributed by atoms with E-state index in [2.05, 4.69) is 29.5 Å². The first-order chi connectivity index (χ1) is 20.1. The topological polar surface area (TPSA) is 109 Å². The van der Waals surface area contributed by atoms with Crippen molar-refractivity contribution in [1.29, 1.82) is 0 Å². The van der Waals surface area contributed by atoms with E-state index in [9.17, 15) is 18.3 Å². The number of halogens is 4. The van der Waals surface area contributed by atoms with Gasteiger partial charge in [-0.25, -0.2) is 9.37 Å². The van der Waals surface area contributed by atoms with Crippen LogP contribution in [-0.4, -0.2) is 57.9 Å². The number of piperazine rings is 1. The molecular formula is C28H29F4N6O2PS. The fraction of sp³-hybridized carbons (Fsp3) is 0.464. The predicted octanol–water partition coefficient (Wildman–Crippen LogP) is 4.63. The fourth-order valence-electron chi connectivity index (χ4n) is 6.59. The number of aliphatic hydroxyl groups is 1. The maximum absolute atomic E-state index is 16.7. The van der Waals surface area contributed by atoms with Crippen LogP contribution in [0.2, 0.25) is 0 Å². The Morgan fingerprint density at radius 2 is 1.86 bits per heavy atom. The maximum Gasteiger partial charge on any atom is 0.417 e. The Kier molecular flexibility index (Phi) is 6.92.